The zero-order valence-corrected chi connectivity index (χ0v) is 21.7. The van der Waals surface area contributed by atoms with E-state index in [-0.39, 0.29) is 22.7 Å². The summed E-state index contributed by atoms with van der Waals surface area (Å²) in [6.07, 6.45) is 1.06. The molecule has 8 heteroatoms. The van der Waals surface area contributed by atoms with E-state index in [2.05, 4.69) is 27.7 Å². The third-order valence-electron chi connectivity index (χ3n) is 5.14. The van der Waals surface area contributed by atoms with Crippen LogP contribution in [0, 0.1) is 11.8 Å². The lowest BCUT2D eigenvalue weighted by Gasteiger charge is -2.25. The molecular formula is C26H34O6S2. The van der Waals surface area contributed by atoms with Crippen molar-refractivity contribution < 1.29 is 29.3 Å². The SMILES string of the molecule is CC(C)C(OCCc1ccccc1C(=O)O)SSC(OCCc1ccccc1C(=O)O)C(C)C. The van der Waals surface area contributed by atoms with E-state index in [0.29, 0.717) is 37.2 Å². The highest BCUT2D eigenvalue weighted by molar-refractivity contribution is 8.77. The molecular weight excluding hydrogens is 472 g/mol. The van der Waals surface area contributed by atoms with Crippen molar-refractivity contribution in [2.24, 2.45) is 11.8 Å². The minimum absolute atomic E-state index is 0.0698. The van der Waals surface area contributed by atoms with Crippen LogP contribution < -0.4 is 0 Å². The van der Waals surface area contributed by atoms with Crippen LogP contribution in [-0.2, 0) is 22.3 Å². The van der Waals surface area contributed by atoms with Crippen LogP contribution in [0.5, 0.6) is 0 Å². The van der Waals surface area contributed by atoms with Gasteiger partial charge in [-0.3, -0.25) is 0 Å². The van der Waals surface area contributed by atoms with Gasteiger partial charge in [0.1, 0.15) is 10.9 Å². The molecule has 2 atom stereocenters. The molecule has 2 unspecified atom stereocenters. The number of carbonyl (C=O) groups is 2. The first kappa shape index (κ1) is 28.2. The van der Waals surface area contributed by atoms with Gasteiger partial charge in [0, 0.05) is 0 Å². The summed E-state index contributed by atoms with van der Waals surface area (Å²) in [5.41, 5.74) is 2.01. The quantitative estimate of drug-likeness (QED) is 0.216. The van der Waals surface area contributed by atoms with Crippen LogP contribution in [0.15, 0.2) is 48.5 Å². The van der Waals surface area contributed by atoms with Gasteiger partial charge in [-0.05, 0) is 47.9 Å². The van der Waals surface area contributed by atoms with E-state index < -0.39 is 11.9 Å². The Hall–Kier alpha value is -2.00. The average Bonchev–Trinajstić information content (AvgIpc) is 2.79. The largest absolute Gasteiger partial charge is 0.478 e. The fourth-order valence-electron chi connectivity index (χ4n) is 3.24. The highest BCUT2D eigenvalue weighted by atomic mass is 33.1. The molecule has 0 amide bonds. The third-order valence-corrected chi connectivity index (χ3v) is 8.46. The second kappa shape index (κ2) is 14.4. The average molecular weight is 507 g/mol. The first-order chi connectivity index (χ1) is 16.2. The third kappa shape index (κ3) is 8.98. The minimum Gasteiger partial charge on any atom is -0.478 e. The summed E-state index contributed by atoms with van der Waals surface area (Å²) in [5.74, 6) is -1.32. The molecule has 0 aliphatic heterocycles. The Kier molecular flexibility index (Phi) is 12.0. The van der Waals surface area contributed by atoms with Crippen molar-refractivity contribution in [3.63, 3.8) is 0 Å². The molecule has 0 fully saturated rings. The van der Waals surface area contributed by atoms with Crippen LogP contribution in [0.25, 0.3) is 0 Å². The maximum absolute atomic E-state index is 11.4. The van der Waals surface area contributed by atoms with Gasteiger partial charge in [0.15, 0.2) is 0 Å². The molecule has 0 spiro atoms. The lowest BCUT2D eigenvalue weighted by atomic mass is 10.1. The number of aromatic carboxylic acids is 2. The van der Waals surface area contributed by atoms with Crippen LogP contribution in [0.2, 0.25) is 0 Å². The van der Waals surface area contributed by atoms with Gasteiger partial charge < -0.3 is 19.7 Å². The fourth-order valence-corrected chi connectivity index (χ4v) is 6.53. The predicted molar refractivity (Wildman–Crippen MR) is 139 cm³/mol. The number of ether oxygens (including phenoxy) is 2. The van der Waals surface area contributed by atoms with E-state index in [4.69, 9.17) is 9.47 Å². The molecule has 2 aromatic rings. The number of carboxylic acids is 2. The molecule has 0 bridgehead atoms. The van der Waals surface area contributed by atoms with Crippen LogP contribution in [0.1, 0.15) is 59.5 Å². The topological polar surface area (TPSA) is 93.1 Å². The Bertz CT molecular complexity index is 856. The van der Waals surface area contributed by atoms with Gasteiger partial charge in [0.25, 0.3) is 0 Å². The standard InChI is InChI=1S/C26H34O6S2/c1-17(2)25(31-15-13-19-9-5-7-11-21(19)23(27)28)33-34-26(18(3)4)32-16-14-20-10-6-8-12-22(20)24(29)30/h5-12,17-18,25-26H,13-16H2,1-4H3,(H,27,28)(H,29,30). The van der Waals surface area contributed by atoms with Gasteiger partial charge >= 0.3 is 11.9 Å². The van der Waals surface area contributed by atoms with Crippen LogP contribution in [-0.4, -0.2) is 46.2 Å². The van der Waals surface area contributed by atoms with Crippen LogP contribution in [0.4, 0.5) is 0 Å². The summed E-state index contributed by atoms with van der Waals surface area (Å²) >= 11 is 0. The molecule has 0 saturated heterocycles. The number of benzene rings is 2. The highest BCUT2D eigenvalue weighted by Gasteiger charge is 2.22. The Morgan fingerprint density at radius 2 is 1.06 bits per heavy atom. The molecule has 6 nitrogen and oxygen atoms in total. The van der Waals surface area contributed by atoms with Gasteiger partial charge in [-0.1, -0.05) is 85.7 Å². The predicted octanol–water partition coefficient (Wildman–Crippen LogP) is 6.25. The van der Waals surface area contributed by atoms with Gasteiger partial charge in [-0.2, -0.15) is 0 Å². The van der Waals surface area contributed by atoms with Crippen molar-refractivity contribution >= 4 is 33.5 Å². The number of hydrogen-bond acceptors (Lipinski definition) is 6. The molecule has 0 heterocycles. The molecule has 0 radical (unpaired) electrons. The van der Waals surface area contributed by atoms with Crippen molar-refractivity contribution in [1.29, 1.82) is 0 Å². The lowest BCUT2D eigenvalue weighted by molar-refractivity contribution is 0.0680. The molecule has 186 valence electrons. The molecule has 0 aliphatic carbocycles. The summed E-state index contributed by atoms with van der Waals surface area (Å²) in [6, 6.07) is 14.0. The van der Waals surface area contributed by atoms with Crippen molar-refractivity contribution in [2.45, 2.75) is 51.4 Å². The first-order valence-corrected chi connectivity index (χ1v) is 13.7. The monoisotopic (exact) mass is 506 g/mol. The maximum Gasteiger partial charge on any atom is 0.335 e. The highest BCUT2D eigenvalue weighted by Crippen LogP contribution is 2.38. The van der Waals surface area contributed by atoms with E-state index in [1.165, 1.54) is 0 Å². The van der Waals surface area contributed by atoms with E-state index in [1.54, 1.807) is 45.9 Å². The summed E-state index contributed by atoms with van der Waals surface area (Å²) in [5, 5.41) is 18.7. The van der Waals surface area contributed by atoms with Crippen LogP contribution >= 0.6 is 21.6 Å². The first-order valence-electron chi connectivity index (χ1n) is 11.4. The van der Waals surface area contributed by atoms with Gasteiger partial charge in [-0.15, -0.1) is 0 Å². The van der Waals surface area contributed by atoms with Crippen molar-refractivity contribution in [3.8, 4) is 0 Å². The zero-order chi connectivity index (χ0) is 25.1. The molecule has 2 aromatic carbocycles. The van der Waals surface area contributed by atoms with E-state index in [1.807, 2.05) is 24.3 Å². The molecule has 34 heavy (non-hydrogen) atoms. The smallest absolute Gasteiger partial charge is 0.335 e. The number of hydrogen-bond donors (Lipinski definition) is 2. The van der Waals surface area contributed by atoms with E-state index in [9.17, 15) is 19.8 Å². The van der Waals surface area contributed by atoms with Crippen molar-refractivity contribution in [2.75, 3.05) is 13.2 Å². The Balaban J connectivity index is 1.87. The normalized spacial score (nSPS) is 13.2. The molecule has 0 aromatic heterocycles. The molecule has 0 saturated carbocycles. The van der Waals surface area contributed by atoms with Gasteiger partial charge in [0.2, 0.25) is 0 Å². The van der Waals surface area contributed by atoms with Crippen LogP contribution in [0.3, 0.4) is 0 Å². The van der Waals surface area contributed by atoms with E-state index >= 15 is 0 Å². The fraction of sp³-hybridized carbons (Fsp3) is 0.462. The van der Waals surface area contributed by atoms with Gasteiger partial charge in [0.05, 0.1) is 24.3 Å². The molecule has 2 N–H and O–H groups in total. The summed E-state index contributed by atoms with van der Waals surface area (Å²) in [6.45, 7) is 9.24. The zero-order valence-electron chi connectivity index (χ0n) is 20.1. The molecule has 2 rings (SSSR count). The Morgan fingerprint density at radius 1 is 0.706 bits per heavy atom. The summed E-state index contributed by atoms with van der Waals surface area (Å²) < 4.78 is 12.2. The van der Waals surface area contributed by atoms with Crippen molar-refractivity contribution in [1.82, 2.24) is 0 Å². The van der Waals surface area contributed by atoms with Gasteiger partial charge in [-0.25, -0.2) is 9.59 Å². The summed E-state index contributed by atoms with van der Waals surface area (Å²) in [4.78, 5) is 22.8. The minimum atomic E-state index is -0.927. The second-order valence-corrected chi connectivity index (χ2v) is 11.1. The van der Waals surface area contributed by atoms with Crippen molar-refractivity contribution in [3.05, 3.63) is 70.8 Å². The maximum atomic E-state index is 11.4. The summed E-state index contributed by atoms with van der Waals surface area (Å²) in [7, 11) is 3.25. The second-order valence-electron chi connectivity index (χ2n) is 8.58. The molecule has 0 aliphatic rings. The number of rotatable bonds is 15. The number of carboxylic acid groups (broad SMARTS) is 2. The lowest BCUT2D eigenvalue weighted by Crippen LogP contribution is -2.21. The Labute approximate surface area is 209 Å². The van der Waals surface area contributed by atoms with E-state index in [0.717, 1.165) is 11.1 Å². The Morgan fingerprint density at radius 3 is 1.38 bits per heavy atom.